The van der Waals surface area contributed by atoms with E-state index in [-0.39, 0.29) is 6.04 Å². The number of para-hydroxylation sites is 2. The first-order chi connectivity index (χ1) is 11.6. The van der Waals surface area contributed by atoms with Gasteiger partial charge in [-0.15, -0.1) is 0 Å². The number of imidazole rings is 1. The van der Waals surface area contributed by atoms with Crippen molar-refractivity contribution in [3.63, 3.8) is 0 Å². The molecule has 0 N–H and O–H groups in total. The first-order valence-corrected chi connectivity index (χ1v) is 8.90. The maximum atomic E-state index is 6.42. The Kier molecular flexibility index (Phi) is 4.10. The van der Waals surface area contributed by atoms with E-state index in [1.165, 1.54) is 6.42 Å². The number of aryl methyl sites for hydroxylation is 1. The Balaban J connectivity index is 1.80. The van der Waals surface area contributed by atoms with Crippen LogP contribution in [0, 0.1) is 0 Å². The second-order valence-electron chi connectivity index (χ2n) is 6.18. The highest BCUT2D eigenvalue weighted by Crippen LogP contribution is 2.38. The van der Waals surface area contributed by atoms with Crippen LogP contribution in [-0.2, 0) is 7.05 Å². The Hall–Kier alpha value is -1.78. The van der Waals surface area contributed by atoms with Crippen molar-refractivity contribution in [1.29, 1.82) is 0 Å². The highest BCUT2D eigenvalue weighted by Gasteiger charge is 2.30. The van der Waals surface area contributed by atoms with Gasteiger partial charge in [-0.2, -0.15) is 0 Å². The molecule has 1 unspecified atom stereocenters. The summed E-state index contributed by atoms with van der Waals surface area (Å²) in [7, 11) is 2.08. The van der Waals surface area contributed by atoms with Crippen LogP contribution in [0.2, 0.25) is 10.0 Å². The van der Waals surface area contributed by atoms with Crippen molar-refractivity contribution in [2.75, 3.05) is 11.4 Å². The summed E-state index contributed by atoms with van der Waals surface area (Å²) in [5.41, 5.74) is 2.17. The number of hydrogen-bond acceptors (Lipinski definition) is 3. The lowest BCUT2D eigenvalue weighted by molar-refractivity contribution is 0.446. The fourth-order valence-corrected chi connectivity index (χ4v) is 4.02. The predicted molar refractivity (Wildman–Crippen MR) is 98.9 cm³/mol. The van der Waals surface area contributed by atoms with Crippen molar-refractivity contribution < 1.29 is 0 Å². The summed E-state index contributed by atoms with van der Waals surface area (Å²) in [6.45, 7) is 0.919. The smallest absolute Gasteiger partial charge is 0.148 e. The molecule has 0 spiro atoms. The van der Waals surface area contributed by atoms with Crippen molar-refractivity contribution in [1.82, 2.24) is 14.5 Å². The highest BCUT2D eigenvalue weighted by molar-refractivity contribution is 6.36. The average Bonchev–Trinajstić information content (AvgIpc) is 2.92. The highest BCUT2D eigenvalue weighted by atomic mass is 35.5. The molecule has 0 radical (unpaired) electrons. The van der Waals surface area contributed by atoms with Crippen LogP contribution in [0.25, 0.3) is 11.0 Å². The van der Waals surface area contributed by atoms with Gasteiger partial charge >= 0.3 is 0 Å². The van der Waals surface area contributed by atoms with Crippen LogP contribution in [0.3, 0.4) is 0 Å². The molecule has 1 aliphatic rings. The van der Waals surface area contributed by atoms with Gasteiger partial charge in [0.15, 0.2) is 0 Å². The summed E-state index contributed by atoms with van der Waals surface area (Å²) >= 11 is 12.4. The predicted octanol–water partition coefficient (Wildman–Crippen LogP) is 5.01. The molecule has 2 aromatic heterocycles. The van der Waals surface area contributed by atoms with Gasteiger partial charge in [-0.25, -0.2) is 9.97 Å². The zero-order valence-electron chi connectivity index (χ0n) is 13.4. The minimum absolute atomic E-state index is 0.169. The van der Waals surface area contributed by atoms with Crippen LogP contribution in [0.4, 0.5) is 5.82 Å². The number of fused-ring (bicyclic) bond motifs is 1. The van der Waals surface area contributed by atoms with E-state index < -0.39 is 0 Å². The molecule has 1 saturated heterocycles. The van der Waals surface area contributed by atoms with E-state index in [9.17, 15) is 0 Å². The lowest BCUT2D eigenvalue weighted by Crippen LogP contribution is -2.35. The lowest BCUT2D eigenvalue weighted by Gasteiger charge is -2.36. The molecule has 1 atom stereocenters. The Bertz CT molecular complexity index is 890. The van der Waals surface area contributed by atoms with Gasteiger partial charge in [0.05, 0.1) is 27.1 Å². The number of hydrogen-bond donors (Lipinski definition) is 0. The average molecular weight is 361 g/mol. The maximum absolute atomic E-state index is 6.42. The minimum Gasteiger partial charge on any atom is -0.345 e. The molecule has 24 heavy (non-hydrogen) atoms. The molecule has 124 valence electrons. The molecule has 0 bridgehead atoms. The zero-order chi connectivity index (χ0) is 16.7. The summed E-state index contributed by atoms with van der Waals surface area (Å²) in [5, 5.41) is 1.15. The van der Waals surface area contributed by atoms with E-state index in [0.29, 0.717) is 10.0 Å². The van der Waals surface area contributed by atoms with Crippen LogP contribution in [-0.4, -0.2) is 21.1 Å². The van der Waals surface area contributed by atoms with Crippen LogP contribution in [0.1, 0.15) is 31.1 Å². The minimum atomic E-state index is 0.169. The van der Waals surface area contributed by atoms with E-state index in [1.54, 1.807) is 12.3 Å². The van der Waals surface area contributed by atoms with Crippen molar-refractivity contribution >= 4 is 40.1 Å². The summed E-state index contributed by atoms with van der Waals surface area (Å²) in [6.07, 6.45) is 5.00. The molecular formula is C18H18Cl2N4. The van der Waals surface area contributed by atoms with E-state index >= 15 is 0 Å². The van der Waals surface area contributed by atoms with Gasteiger partial charge in [-0.05, 0) is 37.5 Å². The number of halogens is 2. The molecule has 1 aromatic carbocycles. The molecule has 0 amide bonds. The van der Waals surface area contributed by atoms with Crippen LogP contribution >= 0.6 is 23.2 Å². The number of anilines is 1. The van der Waals surface area contributed by atoms with Crippen molar-refractivity contribution in [2.24, 2.45) is 7.05 Å². The number of piperidine rings is 1. The molecule has 0 aliphatic carbocycles. The molecule has 3 aromatic rings. The quantitative estimate of drug-likeness (QED) is 0.644. The molecule has 1 aliphatic heterocycles. The Labute approximate surface area is 151 Å². The fraction of sp³-hybridized carbons (Fsp3) is 0.333. The standard InChI is InChI=1S/C18H18Cl2N4/c1-23-15-7-3-2-6-14(15)22-18(23)16-8-4-5-9-24(16)17-13(20)10-12(19)11-21-17/h2-3,6-7,10-11,16H,4-5,8-9H2,1H3. The van der Waals surface area contributed by atoms with Gasteiger partial charge in [-0.1, -0.05) is 35.3 Å². The third-order valence-electron chi connectivity index (χ3n) is 4.68. The molecule has 1 fully saturated rings. The number of rotatable bonds is 2. The van der Waals surface area contributed by atoms with Gasteiger partial charge in [-0.3, -0.25) is 0 Å². The Morgan fingerprint density at radius 1 is 1.17 bits per heavy atom. The molecule has 4 nitrogen and oxygen atoms in total. The summed E-state index contributed by atoms with van der Waals surface area (Å²) in [4.78, 5) is 11.6. The van der Waals surface area contributed by atoms with Crippen molar-refractivity contribution in [3.05, 3.63) is 52.4 Å². The van der Waals surface area contributed by atoms with Gasteiger partial charge in [0.25, 0.3) is 0 Å². The second kappa shape index (κ2) is 6.26. The summed E-state index contributed by atoms with van der Waals surface area (Å²) < 4.78 is 2.18. The second-order valence-corrected chi connectivity index (χ2v) is 7.03. The summed E-state index contributed by atoms with van der Waals surface area (Å²) in [6, 6.07) is 10.2. The SMILES string of the molecule is Cn1c(C2CCCCN2c2ncc(Cl)cc2Cl)nc2ccccc21. The summed E-state index contributed by atoms with van der Waals surface area (Å²) in [5.74, 6) is 1.85. The van der Waals surface area contributed by atoms with Crippen molar-refractivity contribution in [2.45, 2.75) is 25.3 Å². The molecular weight excluding hydrogens is 343 g/mol. The Morgan fingerprint density at radius 3 is 2.79 bits per heavy atom. The van der Waals surface area contributed by atoms with Gasteiger partial charge in [0, 0.05) is 19.8 Å². The van der Waals surface area contributed by atoms with Gasteiger partial charge in [0.2, 0.25) is 0 Å². The molecule has 6 heteroatoms. The first kappa shape index (κ1) is 15.7. The first-order valence-electron chi connectivity index (χ1n) is 8.14. The Morgan fingerprint density at radius 2 is 2.00 bits per heavy atom. The number of aromatic nitrogens is 3. The third-order valence-corrected chi connectivity index (χ3v) is 5.17. The lowest BCUT2D eigenvalue weighted by atomic mass is 10.0. The van der Waals surface area contributed by atoms with Crippen LogP contribution < -0.4 is 4.90 Å². The van der Waals surface area contributed by atoms with E-state index in [2.05, 4.69) is 33.6 Å². The molecule has 4 rings (SSSR count). The topological polar surface area (TPSA) is 34.0 Å². The number of nitrogens with zero attached hydrogens (tertiary/aromatic N) is 4. The van der Waals surface area contributed by atoms with Crippen molar-refractivity contribution in [3.8, 4) is 0 Å². The number of pyridine rings is 1. The normalized spacial score (nSPS) is 18.3. The monoisotopic (exact) mass is 360 g/mol. The van der Waals surface area contributed by atoms with Crippen LogP contribution in [0.5, 0.6) is 0 Å². The van der Waals surface area contributed by atoms with E-state index in [0.717, 1.165) is 42.1 Å². The van der Waals surface area contributed by atoms with E-state index in [1.807, 2.05) is 12.1 Å². The molecule has 0 saturated carbocycles. The third kappa shape index (κ3) is 2.64. The molecule has 3 heterocycles. The zero-order valence-corrected chi connectivity index (χ0v) is 14.9. The van der Waals surface area contributed by atoms with Crippen LogP contribution in [0.15, 0.2) is 36.5 Å². The number of benzene rings is 1. The fourth-order valence-electron chi connectivity index (χ4n) is 3.53. The van der Waals surface area contributed by atoms with Gasteiger partial charge < -0.3 is 9.47 Å². The van der Waals surface area contributed by atoms with E-state index in [4.69, 9.17) is 28.2 Å². The maximum Gasteiger partial charge on any atom is 0.148 e. The largest absolute Gasteiger partial charge is 0.345 e. The van der Waals surface area contributed by atoms with Gasteiger partial charge in [0.1, 0.15) is 11.6 Å².